The Hall–Kier alpha value is -0.0800. The molecule has 0 spiro atoms. The van der Waals surface area contributed by atoms with E-state index < -0.39 is 0 Å². The van der Waals surface area contributed by atoms with Crippen LogP contribution in [0.1, 0.15) is 65.2 Å². The Balaban J connectivity index is 3.37. The van der Waals surface area contributed by atoms with Crippen molar-refractivity contribution < 1.29 is 9.22 Å². The summed E-state index contributed by atoms with van der Waals surface area (Å²) in [5.74, 6) is 0. The molecule has 0 fully saturated rings. The molecule has 18 heavy (non-hydrogen) atoms. The van der Waals surface area contributed by atoms with Gasteiger partial charge in [-0.05, 0) is 19.3 Å². The first-order valence-corrected chi connectivity index (χ1v) is 8.02. The third-order valence-corrected chi connectivity index (χ3v) is 3.60. The molecule has 0 radical (unpaired) electrons. The number of ether oxygens (including phenoxy) is 1. The van der Waals surface area contributed by atoms with Gasteiger partial charge >= 0.3 is 0 Å². The van der Waals surface area contributed by atoms with Crippen LogP contribution >= 0.6 is 0 Å². The van der Waals surface area contributed by atoms with Gasteiger partial charge in [-0.3, -0.25) is 0 Å². The van der Waals surface area contributed by atoms with E-state index in [0.717, 1.165) is 24.2 Å². The maximum atomic E-state index is 5.65. The van der Waals surface area contributed by atoms with E-state index in [1.54, 1.807) is 0 Å². The van der Waals surface area contributed by atoms with E-state index in [-0.39, 0.29) is 0 Å². The third kappa shape index (κ3) is 12.4. The first-order chi connectivity index (χ1) is 8.62. The van der Waals surface area contributed by atoms with E-state index in [1.807, 2.05) is 0 Å². The quantitative estimate of drug-likeness (QED) is 0.355. The van der Waals surface area contributed by atoms with Crippen LogP contribution in [0.15, 0.2) is 0 Å². The van der Waals surface area contributed by atoms with Crippen molar-refractivity contribution in [1.29, 1.82) is 0 Å². The zero-order valence-electron chi connectivity index (χ0n) is 13.3. The first-order valence-electron chi connectivity index (χ1n) is 8.02. The molecule has 0 saturated carbocycles. The van der Waals surface area contributed by atoms with Crippen LogP contribution < -0.4 is 0 Å². The second-order valence-corrected chi connectivity index (χ2v) is 6.12. The molecular weight excluding hydrogens is 222 g/mol. The van der Waals surface area contributed by atoms with Crippen LogP contribution in [0.4, 0.5) is 0 Å². The summed E-state index contributed by atoms with van der Waals surface area (Å²) in [6.07, 6.45) is 10.8. The highest BCUT2D eigenvalue weighted by Crippen LogP contribution is 2.08. The average Bonchev–Trinajstić information content (AvgIpc) is 2.33. The lowest BCUT2D eigenvalue weighted by molar-refractivity contribution is -0.891. The van der Waals surface area contributed by atoms with Crippen molar-refractivity contribution in [1.82, 2.24) is 0 Å². The molecular formula is C16H36NO+. The third-order valence-electron chi connectivity index (χ3n) is 3.60. The van der Waals surface area contributed by atoms with E-state index >= 15 is 0 Å². The van der Waals surface area contributed by atoms with Crippen LogP contribution in [0, 0.1) is 0 Å². The predicted molar refractivity (Wildman–Crippen MR) is 80.9 cm³/mol. The van der Waals surface area contributed by atoms with Crippen molar-refractivity contribution in [2.24, 2.45) is 0 Å². The van der Waals surface area contributed by atoms with Gasteiger partial charge in [-0.2, -0.15) is 0 Å². The minimum absolute atomic E-state index is 0.919. The largest absolute Gasteiger partial charge is 0.376 e. The van der Waals surface area contributed by atoms with Crippen molar-refractivity contribution in [3.8, 4) is 0 Å². The molecule has 0 atom stereocenters. The zero-order chi connectivity index (χ0) is 13.7. The molecule has 0 amide bonds. The van der Waals surface area contributed by atoms with E-state index in [2.05, 4.69) is 27.9 Å². The molecule has 0 aliphatic heterocycles. The molecule has 0 unspecified atom stereocenters. The summed E-state index contributed by atoms with van der Waals surface area (Å²) in [5, 5.41) is 0. The molecule has 2 nitrogen and oxygen atoms in total. The van der Waals surface area contributed by atoms with E-state index in [9.17, 15) is 0 Å². The summed E-state index contributed by atoms with van der Waals surface area (Å²) in [6, 6.07) is 0. The average molecular weight is 258 g/mol. The Morgan fingerprint density at radius 3 is 1.94 bits per heavy atom. The number of hydrogen-bond acceptors (Lipinski definition) is 1. The molecule has 2 heteroatoms. The van der Waals surface area contributed by atoms with Gasteiger partial charge in [0.25, 0.3) is 0 Å². The van der Waals surface area contributed by atoms with Crippen molar-refractivity contribution in [3.63, 3.8) is 0 Å². The van der Waals surface area contributed by atoms with Gasteiger partial charge in [-0.1, -0.05) is 46.0 Å². The summed E-state index contributed by atoms with van der Waals surface area (Å²) < 4.78 is 6.76. The Bertz CT molecular complexity index is 168. The van der Waals surface area contributed by atoms with Crippen molar-refractivity contribution >= 4 is 0 Å². The van der Waals surface area contributed by atoms with E-state index in [4.69, 9.17) is 4.74 Å². The fourth-order valence-corrected chi connectivity index (χ4v) is 2.09. The van der Waals surface area contributed by atoms with E-state index in [1.165, 1.54) is 57.9 Å². The van der Waals surface area contributed by atoms with E-state index in [0.29, 0.717) is 0 Å². The minimum Gasteiger partial charge on any atom is -0.376 e. The van der Waals surface area contributed by atoms with Crippen molar-refractivity contribution in [3.05, 3.63) is 0 Å². The van der Waals surface area contributed by atoms with Gasteiger partial charge in [0.2, 0.25) is 0 Å². The van der Waals surface area contributed by atoms with Crippen LogP contribution in [-0.4, -0.2) is 44.9 Å². The van der Waals surface area contributed by atoms with Gasteiger partial charge in [-0.25, -0.2) is 0 Å². The van der Waals surface area contributed by atoms with Crippen LogP contribution in [-0.2, 0) is 4.74 Å². The number of hydrogen-bond donors (Lipinski definition) is 0. The summed E-state index contributed by atoms with van der Waals surface area (Å²) in [7, 11) is 4.66. The Morgan fingerprint density at radius 2 is 1.28 bits per heavy atom. The molecule has 0 heterocycles. The summed E-state index contributed by atoms with van der Waals surface area (Å²) >= 11 is 0. The Kier molecular flexibility index (Phi) is 11.9. The van der Waals surface area contributed by atoms with Crippen molar-refractivity contribution in [2.75, 3.05) is 40.4 Å². The summed E-state index contributed by atoms with van der Waals surface area (Å²) in [5.41, 5.74) is 0. The Morgan fingerprint density at radius 1 is 0.667 bits per heavy atom. The summed E-state index contributed by atoms with van der Waals surface area (Å²) in [6.45, 7) is 8.79. The Labute approximate surface area is 115 Å². The molecule has 0 aromatic heterocycles. The number of rotatable bonds is 13. The number of likely N-dealkylation sites (N-methyl/N-ethyl adjacent to an activating group) is 1. The second kappa shape index (κ2) is 12.0. The van der Waals surface area contributed by atoms with Crippen LogP contribution in [0.25, 0.3) is 0 Å². The van der Waals surface area contributed by atoms with Gasteiger partial charge < -0.3 is 9.22 Å². The highest BCUT2D eigenvalue weighted by molar-refractivity contribution is 4.44. The van der Waals surface area contributed by atoms with Gasteiger partial charge in [0, 0.05) is 6.61 Å². The predicted octanol–water partition coefficient (Wildman–Crippen LogP) is 4.24. The topological polar surface area (TPSA) is 9.23 Å². The van der Waals surface area contributed by atoms with Gasteiger partial charge in [0.15, 0.2) is 0 Å². The zero-order valence-corrected chi connectivity index (χ0v) is 13.3. The molecule has 0 N–H and O–H groups in total. The molecule has 0 aliphatic carbocycles. The maximum Gasteiger partial charge on any atom is 0.102 e. The van der Waals surface area contributed by atoms with Gasteiger partial charge in [-0.15, -0.1) is 0 Å². The van der Waals surface area contributed by atoms with Gasteiger partial charge in [0.05, 0.1) is 27.2 Å². The molecule has 110 valence electrons. The number of unbranched alkanes of at least 4 members (excludes halogenated alkanes) is 6. The highest BCUT2D eigenvalue weighted by Gasteiger charge is 2.13. The second-order valence-electron chi connectivity index (χ2n) is 6.12. The lowest BCUT2D eigenvalue weighted by atomic mass is 10.1. The lowest BCUT2D eigenvalue weighted by Crippen LogP contribution is -2.43. The van der Waals surface area contributed by atoms with Crippen LogP contribution in [0.5, 0.6) is 0 Å². The highest BCUT2D eigenvalue weighted by atomic mass is 16.5. The van der Waals surface area contributed by atoms with Crippen LogP contribution in [0.3, 0.4) is 0 Å². The van der Waals surface area contributed by atoms with Crippen molar-refractivity contribution in [2.45, 2.75) is 65.2 Å². The van der Waals surface area contributed by atoms with Gasteiger partial charge in [0.1, 0.15) is 6.54 Å². The normalized spacial score (nSPS) is 12.0. The number of quaternary nitrogens is 1. The monoisotopic (exact) mass is 258 g/mol. The fourth-order valence-electron chi connectivity index (χ4n) is 2.09. The standard InChI is InChI=1S/C16H36NO/c1-5-7-9-10-11-12-13-17(3,4)14-16-18-15-8-6-2/h5-16H2,1-4H3/q+1. The first kappa shape index (κ1) is 17.9. The number of nitrogens with zero attached hydrogens (tertiary/aromatic N) is 1. The fraction of sp³-hybridized carbons (Fsp3) is 1.00. The summed E-state index contributed by atoms with van der Waals surface area (Å²) in [4.78, 5) is 0. The SMILES string of the molecule is CCCCCCCC[N+](C)(C)CCOCCCC. The molecule has 0 rings (SSSR count). The molecule has 0 aliphatic rings. The maximum absolute atomic E-state index is 5.65. The molecule has 0 aromatic carbocycles. The molecule has 0 bridgehead atoms. The van der Waals surface area contributed by atoms with Crippen LogP contribution in [0.2, 0.25) is 0 Å². The molecule has 0 aromatic rings. The molecule has 0 saturated heterocycles. The smallest absolute Gasteiger partial charge is 0.102 e. The minimum atomic E-state index is 0.919. The lowest BCUT2D eigenvalue weighted by Gasteiger charge is -2.29.